The van der Waals surface area contributed by atoms with Gasteiger partial charge in [0.2, 0.25) is 0 Å². The zero-order valence-corrected chi connectivity index (χ0v) is 15.5. The Bertz CT molecular complexity index is 1070. The monoisotopic (exact) mass is 378 g/mol. The van der Waals surface area contributed by atoms with Crippen molar-refractivity contribution in [3.05, 3.63) is 65.4 Å². The first kappa shape index (κ1) is 18.2. The van der Waals surface area contributed by atoms with Crippen molar-refractivity contribution in [2.75, 3.05) is 23.3 Å². The largest absolute Gasteiger partial charge is 0.380 e. The first-order chi connectivity index (χ1) is 13.6. The Hall–Kier alpha value is -3.20. The number of rotatable bonds is 3. The lowest BCUT2D eigenvalue weighted by Crippen LogP contribution is -2.39. The van der Waals surface area contributed by atoms with Crippen LogP contribution in [0.25, 0.3) is 10.9 Å². The Labute approximate surface area is 162 Å². The second kappa shape index (κ2) is 7.43. The van der Waals surface area contributed by atoms with Crippen molar-refractivity contribution in [1.82, 2.24) is 4.98 Å². The fraction of sp³-hybridized carbons (Fsp3) is 0.273. The van der Waals surface area contributed by atoms with Crippen LogP contribution in [-0.2, 0) is 0 Å². The van der Waals surface area contributed by atoms with Crippen molar-refractivity contribution in [1.29, 1.82) is 5.26 Å². The number of fused-ring (bicyclic) bond motifs is 1. The van der Waals surface area contributed by atoms with Crippen molar-refractivity contribution in [3.8, 4) is 6.07 Å². The fourth-order valence-electron chi connectivity index (χ4n) is 3.89. The molecule has 2 aromatic carbocycles. The van der Waals surface area contributed by atoms with Gasteiger partial charge in [0.15, 0.2) is 0 Å². The van der Waals surface area contributed by atoms with Gasteiger partial charge >= 0.3 is 0 Å². The van der Waals surface area contributed by atoms with Gasteiger partial charge < -0.3 is 10.2 Å². The summed E-state index contributed by atoms with van der Waals surface area (Å²) < 4.78 is 27.9. The van der Waals surface area contributed by atoms with Crippen molar-refractivity contribution in [2.45, 2.75) is 25.8 Å². The quantitative estimate of drug-likeness (QED) is 0.713. The van der Waals surface area contributed by atoms with Crippen LogP contribution in [-0.4, -0.2) is 24.1 Å². The van der Waals surface area contributed by atoms with Crippen LogP contribution in [0, 0.1) is 29.9 Å². The Balaban J connectivity index is 1.60. The molecule has 28 heavy (non-hydrogen) atoms. The van der Waals surface area contributed by atoms with Gasteiger partial charge in [0.25, 0.3) is 0 Å². The predicted molar refractivity (Wildman–Crippen MR) is 106 cm³/mol. The molecular weight excluding hydrogens is 358 g/mol. The molecule has 1 fully saturated rings. The number of nitrogens with one attached hydrogen (secondary N) is 1. The molecule has 1 aromatic heterocycles. The number of nitrogens with zero attached hydrogens (tertiary/aromatic N) is 3. The molecule has 1 aliphatic heterocycles. The number of halogens is 2. The van der Waals surface area contributed by atoms with Gasteiger partial charge in [-0.15, -0.1) is 0 Å². The number of aryl methyl sites for hydroxylation is 1. The third-order valence-electron chi connectivity index (χ3n) is 5.26. The Morgan fingerprint density at radius 3 is 2.64 bits per heavy atom. The maximum Gasteiger partial charge on any atom is 0.146 e. The van der Waals surface area contributed by atoms with Gasteiger partial charge in [0, 0.05) is 30.7 Å². The molecule has 0 atom stereocenters. The standard InChI is InChI=1S/C22H20F2N4/c1-14-10-16(23)11-18-21(14)26-13-15(12-25)22(18)28-8-6-17(7-9-28)27-20-5-3-2-4-19(20)24/h2-5,10-11,13,17,27H,6-9H2,1H3. The highest BCUT2D eigenvalue weighted by Gasteiger charge is 2.24. The summed E-state index contributed by atoms with van der Waals surface area (Å²) >= 11 is 0. The van der Waals surface area contributed by atoms with Crippen molar-refractivity contribution < 1.29 is 8.78 Å². The Morgan fingerprint density at radius 1 is 1.18 bits per heavy atom. The maximum atomic E-state index is 14.0. The predicted octanol–water partition coefficient (Wildman–Crippen LogP) is 4.77. The van der Waals surface area contributed by atoms with Crippen LogP contribution >= 0.6 is 0 Å². The molecule has 4 rings (SSSR count). The van der Waals surface area contributed by atoms with Crippen molar-refractivity contribution >= 4 is 22.3 Å². The second-order valence-electron chi connectivity index (χ2n) is 7.14. The highest BCUT2D eigenvalue weighted by molar-refractivity contribution is 5.96. The first-order valence-corrected chi connectivity index (χ1v) is 9.32. The number of hydrogen-bond donors (Lipinski definition) is 1. The van der Waals surface area contributed by atoms with E-state index in [-0.39, 0.29) is 17.7 Å². The molecule has 1 aliphatic rings. The van der Waals surface area contributed by atoms with E-state index in [9.17, 15) is 14.0 Å². The van der Waals surface area contributed by atoms with E-state index in [1.54, 1.807) is 24.4 Å². The van der Waals surface area contributed by atoms with E-state index in [0.29, 0.717) is 35.2 Å². The van der Waals surface area contributed by atoms with Crippen molar-refractivity contribution in [3.63, 3.8) is 0 Å². The first-order valence-electron chi connectivity index (χ1n) is 9.32. The van der Waals surface area contributed by atoms with E-state index in [1.165, 1.54) is 18.2 Å². The molecule has 4 nitrogen and oxygen atoms in total. The molecule has 0 bridgehead atoms. The van der Waals surface area contributed by atoms with Gasteiger partial charge in [-0.2, -0.15) is 5.26 Å². The van der Waals surface area contributed by atoms with Gasteiger partial charge in [-0.1, -0.05) is 12.1 Å². The summed E-state index contributed by atoms with van der Waals surface area (Å²) in [6, 6.07) is 11.9. The topological polar surface area (TPSA) is 52.0 Å². The summed E-state index contributed by atoms with van der Waals surface area (Å²) in [5.74, 6) is -0.595. The van der Waals surface area contributed by atoms with Crippen LogP contribution in [0.3, 0.4) is 0 Å². The molecule has 0 aliphatic carbocycles. The average molecular weight is 378 g/mol. The minimum atomic E-state index is -0.334. The molecule has 142 valence electrons. The molecule has 0 unspecified atom stereocenters. The van der Waals surface area contributed by atoms with Gasteiger partial charge in [0.1, 0.15) is 17.7 Å². The molecule has 0 spiro atoms. The lowest BCUT2D eigenvalue weighted by Gasteiger charge is -2.35. The molecule has 1 saturated heterocycles. The van der Waals surface area contributed by atoms with E-state index >= 15 is 0 Å². The number of nitriles is 1. The number of aromatic nitrogens is 1. The molecule has 6 heteroatoms. The average Bonchev–Trinajstić information content (AvgIpc) is 2.69. The lowest BCUT2D eigenvalue weighted by molar-refractivity contribution is 0.523. The summed E-state index contributed by atoms with van der Waals surface area (Å²) in [4.78, 5) is 6.47. The highest BCUT2D eigenvalue weighted by Crippen LogP contribution is 2.33. The number of pyridine rings is 1. The summed E-state index contributed by atoms with van der Waals surface area (Å²) in [6.45, 7) is 3.20. The van der Waals surface area contributed by atoms with Gasteiger partial charge in [-0.3, -0.25) is 4.98 Å². The van der Waals surface area contributed by atoms with Crippen LogP contribution < -0.4 is 10.2 Å². The van der Waals surface area contributed by atoms with Gasteiger partial charge in [-0.05, 0) is 49.6 Å². The summed E-state index contributed by atoms with van der Waals surface area (Å²) in [5.41, 5.74) is 3.14. The summed E-state index contributed by atoms with van der Waals surface area (Å²) in [5, 5.41) is 13.5. The zero-order valence-electron chi connectivity index (χ0n) is 15.5. The normalized spacial score (nSPS) is 14.9. The number of benzene rings is 2. The third kappa shape index (κ3) is 3.36. The number of para-hydroxylation sites is 1. The highest BCUT2D eigenvalue weighted by atomic mass is 19.1. The molecule has 1 N–H and O–H groups in total. The summed E-state index contributed by atoms with van der Waals surface area (Å²) in [6.07, 6.45) is 3.14. The SMILES string of the molecule is Cc1cc(F)cc2c(N3CCC(Nc4ccccc4F)CC3)c(C#N)cnc12. The van der Waals surface area contributed by atoms with E-state index in [0.717, 1.165) is 24.1 Å². The van der Waals surface area contributed by atoms with Gasteiger partial charge in [0.05, 0.1) is 22.5 Å². The molecule has 2 heterocycles. The minimum absolute atomic E-state index is 0.144. The van der Waals surface area contributed by atoms with E-state index in [4.69, 9.17) is 0 Å². The zero-order chi connectivity index (χ0) is 19.7. The molecule has 3 aromatic rings. The second-order valence-corrected chi connectivity index (χ2v) is 7.14. The maximum absolute atomic E-state index is 14.0. The van der Waals surface area contributed by atoms with Crippen LogP contribution in [0.15, 0.2) is 42.6 Å². The fourth-order valence-corrected chi connectivity index (χ4v) is 3.89. The molecule has 0 amide bonds. The Morgan fingerprint density at radius 2 is 1.93 bits per heavy atom. The van der Waals surface area contributed by atoms with Gasteiger partial charge in [-0.25, -0.2) is 8.78 Å². The van der Waals surface area contributed by atoms with Crippen LogP contribution in [0.1, 0.15) is 24.0 Å². The molecule has 0 radical (unpaired) electrons. The van der Waals surface area contributed by atoms with Crippen LogP contribution in [0.2, 0.25) is 0 Å². The Kier molecular flexibility index (Phi) is 4.82. The summed E-state index contributed by atoms with van der Waals surface area (Å²) in [7, 11) is 0. The molecular formula is C22H20F2N4. The number of anilines is 2. The van der Waals surface area contributed by atoms with E-state index in [1.807, 2.05) is 6.92 Å². The minimum Gasteiger partial charge on any atom is -0.380 e. The van der Waals surface area contributed by atoms with Crippen molar-refractivity contribution in [2.24, 2.45) is 0 Å². The van der Waals surface area contributed by atoms with E-state index < -0.39 is 0 Å². The van der Waals surface area contributed by atoms with Crippen LogP contribution in [0.5, 0.6) is 0 Å². The number of piperidine rings is 1. The lowest BCUT2D eigenvalue weighted by atomic mass is 10.00. The third-order valence-corrected chi connectivity index (χ3v) is 5.26. The molecule has 0 saturated carbocycles. The number of hydrogen-bond acceptors (Lipinski definition) is 4. The smallest absolute Gasteiger partial charge is 0.146 e. The van der Waals surface area contributed by atoms with Crippen LogP contribution in [0.4, 0.5) is 20.2 Å². The van der Waals surface area contributed by atoms with E-state index in [2.05, 4.69) is 21.3 Å².